The van der Waals surface area contributed by atoms with E-state index < -0.39 is 0 Å². The van der Waals surface area contributed by atoms with Crippen molar-refractivity contribution < 1.29 is 18.8 Å². The molecule has 3 amide bonds. The van der Waals surface area contributed by atoms with Crippen LogP contribution in [0.2, 0.25) is 0 Å². The van der Waals surface area contributed by atoms with E-state index in [4.69, 9.17) is 4.42 Å². The molecule has 1 fully saturated rings. The molecule has 2 heterocycles. The maximum absolute atomic E-state index is 12.6. The van der Waals surface area contributed by atoms with E-state index >= 15 is 0 Å². The van der Waals surface area contributed by atoms with Gasteiger partial charge >= 0.3 is 0 Å². The fourth-order valence-corrected chi connectivity index (χ4v) is 3.49. The van der Waals surface area contributed by atoms with Gasteiger partial charge in [0, 0.05) is 36.4 Å². The first-order chi connectivity index (χ1) is 15.0. The SMILES string of the molecule is Cc1ccc(C(=O)NCc2ccc(N3CCCC3=O)cc2)cc1NC(=O)c1ccco1. The van der Waals surface area contributed by atoms with Crippen LogP contribution in [0.3, 0.4) is 0 Å². The van der Waals surface area contributed by atoms with Gasteiger partial charge in [0.1, 0.15) is 0 Å². The Morgan fingerprint density at radius 1 is 1.06 bits per heavy atom. The fourth-order valence-electron chi connectivity index (χ4n) is 3.49. The fraction of sp³-hybridized carbons (Fsp3) is 0.208. The molecule has 2 N–H and O–H groups in total. The number of rotatable bonds is 6. The molecular weight excluding hydrogens is 394 g/mol. The van der Waals surface area contributed by atoms with Crippen molar-refractivity contribution in [3.05, 3.63) is 83.3 Å². The van der Waals surface area contributed by atoms with Crippen LogP contribution >= 0.6 is 0 Å². The highest BCUT2D eigenvalue weighted by Gasteiger charge is 2.21. The summed E-state index contributed by atoms with van der Waals surface area (Å²) < 4.78 is 5.11. The van der Waals surface area contributed by atoms with Gasteiger partial charge in [0.2, 0.25) is 5.91 Å². The average Bonchev–Trinajstić information content (AvgIpc) is 3.46. The minimum absolute atomic E-state index is 0.148. The lowest BCUT2D eigenvalue weighted by atomic mass is 10.1. The number of amides is 3. The van der Waals surface area contributed by atoms with E-state index in [9.17, 15) is 14.4 Å². The van der Waals surface area contributed by atoms with E-state index in [1.807, 2.05) is 31.2 Å². The summed E-state index contributed by atoms with van der Waals surface area (Å²) in [6, 6.07) is 16.0. The number of aryl methyl sites for hydroxylation is 1. The maximum Gasteiger partial charge on any atom is 0.291 e. The highest BCUT2D eigenvalue weighted by molar-refractivity contribution is 6.04. The smallest absolute Gasteiger partial charge is 0.291 e. The third-order valence-electron chi connectivity index (χ3n) is 5.27. The standard InChI is InChI=1S/C24H23N3O4/c1-16-6-9-18(14-20(16)26-24(30)21-4-3-13-31-21)23(29)25-15-17-7-10-19(11-8-17)27-12-2-5-22(27)28/h3-4,6-11,13-14H,2,5,12,15H2,1H3,(H,25,29)(H,26,30). The zero-order valence-corrected chi connectivity index (χ0v) is 17.2. The number of benzene rings is 2. The molecule has 0 bridgehead atoms. The molecule has 31 heavy (non-hydrogen) atoms. The van der Waals surface area contributed by atoms with Crippen LogP contribution < -0.4 is 15.5 Å². The lowest BCUT2D eigenvalue weighted by molar-refractivity contribution is -0.117. The van der Waals surface area contributed by atoms with Crippen molar-refractivity contribution in [2.75, 3.05) is 16.8 Å². The third kappa shape index (κ3) is 4.66. The molecule has 0 radical (unpaired) electrons. The molecule has 4 rings (SSSR count). The number of carbonyl (C=O) groups excluding carboxylic acids is 3. The molecule has 1 aliphatic rings. The minimum Gasteiger partial charge on any atom is -0.459 e. The van der Waals surface area contributed by atoms with Crippen LogP contribution in [0.25, 0.3) is 0 Å². The summed E-state index contributed by atoms with van der Waals surface area (Å²) in [4.78, 5) is 38.5. The second kappa shape index (κ2) is 8.87. The van der Waals surface area contributed by atoms with Crippen molar-refractivity contribution >= 4 is 29.1 Å². The van der Waals surface area contributed by atoms with Crippen LogP contribution in [0.15, 0.2) is 65.3 Å². The summed E-state index contributed by atoms with van der Waals surface area (Å²) in [6.07, 6.45) is 2.91. The van der Waals surface area contributed by atoms with Gasteiger partial charge in [-0.2, -0.15) is 0 Å². The van der Waals surface area contributed by atoms with Crippen LogP contribution in [0.5, 0.6) is 0 Å². The second-order valence-corrected chi connectivity index (χ2v) is 7.46. The Labute approximate surface area is 180 Å². The lowest BCUT2D eigenvalue weighted by Gasteiger charge is -2.16. The molecule has 0 atom stereocenters. The molecule has 0 aliphatic carbocycles. The van der Waals surface area contributed by atoms with Gasteiger partial charge < -0.3 is 20.0 Å². The van der Waals surface area contributed by atoms with Gasteiger partial charge in [-0.15, -0.1) is 0 Å². The van der Waals surface area contributed by atoms with Crippen LogP contribution in [-0.4, -0.2) is 24.3 Å². The van der Waals surface area contributed by atoms with Crippen molar-refractivity contribution in [3.8, 4) is 0 Å². The zero-order chi connectivity index (χ0) is 21.8. The van der Waals surface area contributed by atoms with E-state index in [1.54, 1.807) is 35.2 Å². The number of carbonyl (C=O) groups is 3. The summed E-state index contributed by atoms with van der Waals surface area (Å²) >= 11 is 0. The number of anilines is 2. The molecule has 1 saturated heterocycles. The van der Waals surface area contributed by atoms with Crippen molar-refractivity contribution in [1.29, 1.82) is 0 Å². The molecule has 3 aromatic rings. The van der Waals surface area contributed by atoms with Gasteiger partial charge in [0.05, 0.1) is 6.26 Å². The predicted molar refractivity (Wildman–Crippen MR) is 117 cm³/mol. The Kier molecular flexibility index (Phi) is 5.84. The number of nitrogens with zero attached hydrogens (tertiary/aromatic N) is 1. The van der Waals surface area contributed by atoms with Crippen molar-refractivity contribution in [2.45, 2.75) is 26.3 Å². The van der Waals surface area contributed by atoms with Gasteiger partial charge in [0.25, 0.3) is 11.8 Å². The van der Waals surface area contributed by atoms with E-state index in [2.05, 4.69) is 10.6 Å². The van der Waals surface area contributed by atoms with Crippen molar-refractivity contribution in [1.82, 2.24) is 5.32 Å². The minimum atomic E-state index is -0.373. The monoisotopic (exact) mass is 417 g/mol. The molecule has 7 nitrogen and oxygen atoms in total. The molecule has 0 unspecified atom stereocenters. The Balaban J connectivity index is 1.38. The van der Waals surface area contributed by atoms with Crippen LogP contribution in [-0.2, 0) is 11.3 Å². The Morgan fingerprint density at radius 2 is 1.87 bits per heavy atom. The quantitative estimate of drug-likeness (QED) is 0.636. The van der Waals surface area contributed by atoms with Gasteiger partial charge in [-0.25, -0.2) is 0 Å². The average molecular weight is 417 g/mol. The molecule has 158 valence electrons. The van der Waals surface area contributed by atoms with Gasteiger partial charge in [0.15, 0.2) is 5.76 Å². The number of hydrogen-bond acceptors (Lipinski definition) is 4. The molecule has 0 saturated carbocycles. The van der Waals surface area contributed by atoms with Crippen molar-refractivity contribution in [3.63, 3.8) is 0 Å². The summed E-state index contributed by atoms with van der Waals surface area (Å²) in [6.45, 7) is 2.96. The molecule has 0 spiro atoms. The lowest BCUT2D eigenvalue weighted by Crippen LogP contribution is -2.24. The molecule has 1 aliphatic heterocycles. The van der Waals surface area contributed by atoms with Gasteiger partial charge in [-0.3, -0.25) is 14.4 Å². The summed E-state index contributed by atoms with van der Waals surface area (Å²) in [7, 11) is 0. The largest absolute Gasteiger partial charge is 0.459 e. The van der Waals surface area contributed by atoms with Crippen molar-refractivity contribution in [2.24, 2.45) is 0 Å². The maximum atomic E-state index is 12.6. The van der Waals surface area contributed by atoms with Crippen LogP contribution in [0.4, 0.5) is 11.4 Å². The van der Waals surface area contributed by atoms with Gasteiger partial charge in [-0.1, -0.05) is 18.2 Å². The Bertz CT molecular complexity index is 1100. The molecule has 1 aromatic heterocycles. The number of nitrogens with one attached hydrogen (secondary N) is 2. The van der Waals surface area contributed by atoms with Crippen LogP contribution in [0, 0.1) is 6.92 Å². The normalized spacial score (nSPS) is 13.3. The van der Waals surface area contributed by atoms with E-state index in [0.29, 0.717) is 24.2 Å². The first-order valence-electron chi connectivity index (χ1n) is 10.1. The van der Waals surface area contributed by atoms with E-state index in [1.165, 1.54) is 6.26 Å². The third-order valence-corrected chi connectivity index (χ3v) is 5.27. The van der Waals surface area contributed by atoms with E-state index in [0.717, 1.165) is 29.8 Å². The highest BCUT2D eigenvalue weighted by atomic mass is 16.3. The summed E-state index contributed by atoms with van der Waals surface area (Å²) in [5, 5.41) is 5.66. The first kappa shape index (κ1) is 20.4. The number of furan rings is 1. The summed E-state index contributed by atoms with van der Waals surface area (Å²) in [5.74, 6) is -0.266. The topological polar surface area (TPSA) is 91.7 Å². The van der Waals surface area contributed by atoms with E-state index in [-0.39, 0.29) is 23.5 Å². The molecule has 2 aromatic carbocycles. The Morgan fingerprint density at radius 3 is 2.55 bits per heavy atom. The predicted octanol–water partition coefficient (Wildman–Crippen LogP) is 3.90. The highest BCUT2D eigenvalue weighted by Crippen LogP contribution is 2.22. The summed E-state index contributed by atoms with van der Waals surface area (Å²) in [5.41, 5.74) is 3.65. The van der Waals surface area contributed by atoms with Gasteiger partial charge in [-0.05, 0) is 60.9 Å². The zero-order valence-electron chi connectivity index (χ0n) is 17.2. The molecular formula is C24H23N3O4. The Hall–Kier alpha value is -3.87. The first-order valence-corrected chi connectivity index (χ1v) is 10.1. The van der Waals surface area contributed by atoms with Crippen LogP contribution in [0.1, 0.15) is 44.9 Å². The second-order valence-electron chi connectivity index (χ2n) is 7.46. The number of hydrogen-bond donors (Lipinski definition) is 2. The molecule has 7 heteroatoms.